The topological polar surface area (TPSA) is 81.4 Å². The summed E-state index contributed by atoms with van der Waals surface area (Å²) in [4.78, 5) is 0.0183. The summed E-state index contributed by atoms with van der Waals surface area (Å²) in [5.41, 5.74) is 0. The fourth-order valence-corrected chi connectivity index (χ4v) is 2.71. The van der Waals surface area contributed by atoms with Gasteiger partial charge in [-0.3, -0.25) is 0 Å². The van der Waals surface area contributed by atoms with Gasteiger partial charge in [0.1, 0.15) is 5.75 Å². The molecule has 0 saturated carbocycles. The second kappa shape index (κ2) is 5.17. The monoisotopic (exact) mass is 254 g/mol. The molecule has 0 aliphatic rings. The number of aromatic hydroxyl groups is 1. The van der Waals surface area contributed by atoms with Crippen molar-refractivity contribution in [2.75, 3.05) is 7.05 Å². The van der Waals surface area contributed by atoms with Crippen LogP contribution in [0.2, 0.25) is 0 Å². The number of hydrogen-bond donors (Lipinski definition) is 1. The van der Waals surface area contributed by atoms with Crippen LogP contribution in [0, 0.1) is 11.3 Å². The molecule has 17 heavy (non-hydrogen) atoms. The number of rotatable bonds is 4. The molecule has 0 heterocycles. The van der Waals surface area contributed by atoms with Crippen LogP contribution in [-0.4, -0.2) is 30.9 Å². The van der Waals surface area contributed by atoms with Gasteiger partial charge in [-0.25, -0.2) is 8.42 Å². The summed E-state index contributed by atoms with van der Waals surface area (Å²) in [6.45, 7) is 1.66. The van der Waals surface area contributed by atoms with Crippen LogP contribution >= 0.6 is 0 Å². The third-order valence-electron chi connectivity index (χ3n) is 2.50. The lowest BCUT2D eigenvalue weighted by atomic mass is 10.3. The molecule has 0 saturated heterocycles. The Labute approximate surface area is 101 Å². The maximum atomic E-state index is 12.1. The van der Waals surface area contributed by atoms with Gasteiger partial charge in [0.25, 0.3) is 0 Å². The van der Waals surface area contributed by atoms with E-state index >= 15 is 0 Å². The molecule has 0 spiro atoms. The predicted molar refractivity (Wildman–Crippen MR) is 62.7 cm³/mol. The summed E-state index contributed by atoms with van der Waals surface area (Å²) in [5, 5.41) is 17.8. The van der Waals surface area contributed by atoms with E-state index in [2.05, 4.69) is 0 Å². The number of nitriles is 1. The molecule has 6 heteroatoms. The van der Waals surface area contributed by atoms with Crippen molar-refractivity contribution in [3.63, 3.8) is 0 Å². The van der Waals surface area contributed by atoms with Crippen LogP contribution in [0.15, 0.2) is 29.2 Å². The van der Waals surface area contributed by atoms with Crippen molar-refractivity contribution in [3.05, 3.63) is 24.3 Å². The summed E-state index contributed by atoms with van der Waals surface area (Å²) >= 11 is 0. The van der Waals surface area contributed by atoms with Crippen LogP contribution in [0.3, 0.4) is 0 Å². The largest absolute Gasteiger partial charge is 0.508 e. The van der Waals surface area contributed by atoms with Gasteiger partial charge in [0.15, 0.2) is 0 Å². The van der Waals surface area contributed by atoms with E-state index in [9.17, 15) is 13.5 Å². The van der Waals surface area contributed by atoms with E-state index in [0.29, 0.717) is 0 Å². The number of benzene rings is 1. The fraction of sp³-hybridized carbons (Fsp3) is 0.364. The highest BCUT2D eigenvalue weighted by Crippen LogP contribution is 2.21. The SMILES string of the molecule is CC(CC#N)N(C)S(=O)(=O)c1cccc(O)c1. The van der Waals surface area contributed by atoms with Gasteiger partial charge in [0.05, 0.1) is 17.4 Å². The zero-order valence-corrected chi connectivity index (χ0v) is 10.5. The van der Waals surface area contributed by atoms with Gasteiger partial charge in [-0.2, -0.15) is 9.57 Å². The Kier molecular flexibility index (Phi) is 4.10. The summed E-state index contributed by atoms with van der Waals surface area (Å²) in [6, 6.07) is 6.97. The van der Waals surface area contributed by atoms with Crippen LogP contribution in [0.5, 0.6) is 5.75 Å². The first-order valence-corrected chi connectivity index (χ1v) is 6.47. The Balaban J connectivity index is 3.08. The van der Waals surface area contributed by atoms with E-state index in [1.54, 1.807) is 6.92 Å². The maximum Gasteiger partial charge on any atom is 0.243 e. The summed E-state index contributed by atoms with van der Waals surface area (Å²) in [5.74, 6) is -0.104. The molecule has 92 valence electrons. The molecule has 0 aliphatic heterocycles. The van der Waals surface area contributed by atoms with Gasteiger partial charge >= 0.3 is 0 Å². The van der Waals surface area contributed by atoms with E-state index in [1.807, 2.05) is 6.07 Å². The Morgan fingerprint density at radius 1 is 1.53 bits per heavy atom. The molecule has 0 bridgehead atoms. The van der Waals surface area contributed by atoms with Crippen molar-refractivity contribution in [2.24, 2.45) is 0 Å². The van der Waals surface area contributed by atoms with Crippen molar-refractivity contribution in [3.8, 4) is 11.8 Å². The summed E-state index contributed by atoms with van der Waals surface area (Å²) < 4.78 is 25.3. The Morgan fingerprint density at radius 3 is 2.71 bits per heavy atom. The zero-order valence-electron chi connectivity index (χ0n) is 9.66. The van der Waals surface area contributed by atoms with E-state index < -0.39 is 16.1 Å². The standard InChI is InChI=1S/C11H14N2O3S/c1-9(6-7-12)13(2)17(15,16)11-5-3-4-10(14)8-11/h3-5,8-9,14H,6H2,1-2H3. The molecule has 1 rings (SSSR count). The highest BCUT2D eigenvalue weighted by molar-refractivity contribution is 7.89. The molecule has 0 amide bonds. The molecule has 1 aromatic carbocycles. The number of phenols is 1. The van der Waals surface area contributed by atoms with Crippen LogP contribution < -0.4 is 0 Å². The van der Waals surface area contributed by atoms with Crippen LogP contribution in [0.4, 0.5) is 0 Å². The lowest BCUT2D eigenvalue weighted by Crippen LogP contribution is -2.34. The molecule has 1 unspecified atom stereocenters. The first kappa shape index (κ1) is 13.5. The highest BCUT2D eigenvalue weighted by atomic mass is 32.2. The molecule has 0 aromatic heterocycles. The lowest BCUT2D eigenvalue weighted by molar-refractivity contribution is 0.392. The van der Waals surface area contributed by atoms with Gasteiger partial charge in [-0.15, -0.1) is 0 Å². The zero-order chi connectivity index (χ0) is 13.1. The first-order chi connectivity index (χ1) is 7.89. The minimum Gasteiger partial charge on any atom is -0.508 e. The molecule has 5 nitrogen and oxygen atoms in total. The van der Waals surface area contributed by atoms with Crippen molar-refractivity contribution in [2.45, 2.75) is 24.3 Å². The minimum atomic E-state index is -3.66. The second-order valence-electron chi connectivity index (χ2n) is 3.73. The number of hydrogen-bond acceptors (Lipinski definition) is 4. The summed E-state index contributed by atoms with van der Waals surface area (Å²) in [6.07, 6.45) is 0.120. The lowest BCUT2D eigenvalue weighted by Gasteiger charge is -2.22. The van der Waals surface area contributed by atoms with E-state index in [0.717, 1.165) is 4.31 Å². The quantitative estimate of drug-likeness (QED) is 0.878. The van der Waals surface area contributed by atoms with Gasteiger partial charge in [0, 0.05) is 13.1 Å². The van der Waals surface area contributed by atoms with E-state index in [4.69, 9.17) is 5.26 Å². The number of phenolic OH excluding ortho intramolecular Hbond substituents is 1. The summed E-state index contributed by atoms with van der Waals surface area (Å²) in [7, 11) is -2.24. The molecule has 0 fully saturated rings. The number of sulfonamides is 1. The Hall–Kier alpha value is -1.58. The normalized spacial score (nSPS) is 13.3. The van der Waals surface area contributed by atoms with Crippen LogP contribution in [-0.2, 0) is 10.0 Å². The van der Waals surface area contributed by atoms with Crippen molar-refractivity contribution >= 4 is 10.0 Å². The second-order valence-corrected chi connectivity index (χ2v) is 5.73. The van der Waals surface area contributed by atoms with Gasteiger partial charge in [0.2, 0.25) is 10.0 Å². The third kappa shape index (κ3) is 2.96. The van der Waals surface area contributed by atoms with E-state index in [1.165, 1.54) is 31.3 Å². The predicted octanol–water partition coefficient (Wildman–Crippen LogP) is 1.31. The fourth-order valence-electron chi connectivity index (χ4n) is 1.31. The average molecular weight is 254 g/mol. The highest BCUT2D eigenvalue weighted by Gasteiger charge is 2.25. The molecule has 0 radical (unpaired) electrons. The first-order valence-electron chi connectivity index (χ1n) is 5.03. The third-order valence-corrected chi connectivity index (χ3v) is 4.47. The number of nitrogens with zero attached hydrogens (tertiary/aromatic N) is 2. The molecular weight excluding hydrogens is 240 g/mol. The van der Waals surface area contributed by atoms with Gasteiger partial charge in [-0.05, 0) is 25.1 Å². The van der Waals surface area contributed by atoms with Crippen molar-refractivity contribution in [1.82, 2.24) is 4.31 Å². The van der Waals surface area contributed by atoms with Crippen LogP contribution in [0.1, 0.15) is 13.3 Å². The molecule has 0 aliphatic carbocycles. The van der Waals surface area contributed by atoms with Crippen molar-refractivity contribution < 1.29 is 13.5 Å². The van der Waals surface area contributed by atoms with Gasteiger partial charge in [-0.1, -0.05) is 6.07 Å². The Bertz CT molecular complexity index is 534. The molecule has 1 aromatic rings. The smallest absolute Gasteiger partial charge is 0.243 e. The average Bonchev–Trinajstić information content (AvgIpc) is 2.28. The van der Waals surface area contributed by atoms with Gasteiger partial charge < -0.3 is 5.11 Å². The van der Waals surface area contributed by atoms with Crippen LogP contribution in [0.25, 0.3) is 0 Å². The van der Waals surface area contributed by atoms with E-state index in [-0.39, 0.29) is 17.1 Å². The Morgan fingerprint density at radius 2 is 2.18 bits per heavy atom. The minimum absolute atomic E-state index is 0.0183. The molecule has 1 N–H and O–H groups in total. The molecular formula is C11H14N2O3S. The van der Waals surface area contributed by atoms with Crippen molar-refractivity contribution in [1.29, 1.82) is 5.26 Å². The molecule has 1 atom stereocenters. The maximum absolute atomic E-state index is 12.1.